The number of phenolic OH excluding ortho intramolecular Hbond substituents is 1. The van der Waals surface area contributed by atoms with E-state index in [9.17, 15) is 18.3 Å². The average molecular weight is 286 g/mol. The Kier molecular flexibility index (Phi) is 5.67. The van der Waals surface area contributed by atoms with Crippen molar-refractivity contribution in [2.24, 2.45) is 0 Å². The molecular weight excluding hydrogens is 269 g/mol. The van der Waals surface area contributed by atoms with Gasteiger partial charge in [0, 0.05) is 5.39 Å². The monoisotopic (exact) mass is 286 g/mol. The van der Waals surface area contributed by atoms with Crippen LogP contribution in [0.2, 0.25) is 0 Å². The smallest absolute Gasteiger partial charge is 0.228 e. The second kappa shape index (κ2) is 7.03. The van der Waals surface area contributed by atoms with Crippen molar-refractivity contribution in [2.45, 2.75) is 27.2 Å². The highest BCUT2D eigenvalue weighted by Gasteiger charge is 2.18. The molecule has 0 aliphatic heterocycles. The number of benzene rings is 2. The highest BCUT2D eigenvalue weighted by Crippen LogP contribution is 2.36. The van der Waals surface area contributed by atoms with Gasteiger partial charge < -0.3 is 9.84 Å². The van der Waals surface area contributed by atoms with Crippen LogP contribution in [-0.4, -0.2) is 12.0 Å². The van der Waals surface area contributed by atoms with Crippen molar-refractivity contribution in [3.05, 3.63) is 35.4 Å². The fourth-order valence-electron chi connectivity index (χ4n) is 1.99. The van der Waals surface area contributed by atoms with E-state index in [1.54, 1.807) is 6.92 Å². The number of ether oxygens (including phenoxy) is 1. The lowest BCUT2D eigenvalue weighted by Gasteiger charge is -2.12. The van der Waals surface area contributed by atoms with Gasteiger partial charge in [-0.2, -0.15) is 4.39 Å². The number of aryl methyl sites for hydroxylation is 1. The van der Waals surface area contributed by atoms with Gasteiger partial charge in [-0.15, -0.1) is 0 Å². The molecule has 2 aromatic carbocycles. The Hall–Kier alpha value is -1.91. The van der Waals surface area contributed by atoms with Gasteiger partial charge in [-0.1, -0.05) is 20.8 Å². The van der Waals surface area contributed by atoms with Gasteiger partial charge in [0.1, 0.15) is 5.75 Å². The third kappa shape index (κ3) is 2.98. The van der Waals surface area contributed by atoms with Crippen LogP contribution in [0.15, 0.2) is 18.2 Å². The minimum atomic E-state index is -1.25. The second-order valence-electron chi connectivity index (χ2n) is 3.81. The van der Waals surface area contributed by atoms with Crippen LogP contribution in [0.1, 0.15) is 26.3 Å². The number of alkyl halides is 1. The highest BCUT2D eigenvalue weighted by molar-refractivity contribution is 5.92. The minimum absolute atomic E-state index is 0.0587. The highest BCUT2D eigenvalue weighted by atomic mass is 19.2. The lowest BCUT2D eigenvalue weighted by Crippen LogP contribution is -1.99. The van der Waals surface area contributed by atoms with Gasteiger partial charge in [-0.05, 0) is 35.6 Å². The first-order valence-electron chi connectivity index (χ1n) is 6.40. The molecule has 0 aromatic heterocycles. The molecule has 20 heavy (non-hydrogen) atoms. The van der Waals surface area contributed by atoms with E-state index in [2.05, 4.69) is 4.74 Å². The fraction of sp³-hybridized carbons (Fsp3) is 0.333. The van der Waals surface area contributed by atoms with Gasteiger partial charge in [0.25, 0.3) is 0 Å². The minimum Gasteiger partial charge on any atom is -0.508 e. The summed E-state index contributed by atoms with van der Waals surface area (Å²) in [7, 11) is 0. The molecule has 0 amide bonds. The Morgan fingerprint density at radius 2 is 1.80 bits per heavy atom. The Morgan fingerprint density at radius 3 is 2.35 bits per heavy atom. The van der Waals surface area contributed by atoms with Gasteiger partial charge in [-0.3, -0.25) is 0 Å². The molecule has 0 saturated carbocycles. The Balaban J connectivity index is 0.000000956. The summed E-state index contributed by atoms with van der Waals surface area (Å²) < 4.78 is 43.8. The van der Waals surface area contributed by atoms with Crippen LogP contribution >= 0.6 is 0 Å². The molecule has 0 spiro atoms. The number of hydrogen-bond donors (Lipinski definition) is 1. The maximum Gasteiger partial charge on any atom is 0.228 e. The molecule has 2 nitrogen and oxygen atoms in total. The van der Waals surface area contributed by atoms with E-state index in [-0.39, 0.29) is 16.5 Å². The Bertz CT molecular complexity index is 597. The molecule has 5 heteroatoms. The zero-order chi connectivity index (χ0) is 15.3. The van der Waals surface area contributed by atoms with Crippen molar-refractivity contribution >= 4 is 10.8 Å². The predicted octanol–water partition coefficient (Wildman–Crippen LogP) is 4.72. The molecule has 0 bridgehead atoms. The van der Waals surface area contributed by atoms with Gasteiger partial charge >= 0.3 is 0 Å². The molecule has 1 N–H and O–H groups in total. The topological polar surface area (TPSA) is 29.5 Å². The van der Waals surface area contributed by atoms with Crippen LogP contribution in [0.3, 0.4) is 0 Å². The maximum absolute atomic E-state index is 13.6. The van der Waals surface area contributed by atoms with E-state index in [0.717, 1.165) is 6.07 Å². The summed E-state index contributed by atoms with van der Waals surface area (Å²) in [6, 6.07) is 3.65. The lowest BCUT2D eigenvalue weighted by molar-refractivity contribution is 0.185. The molecular formula is C15H17F3O2. The second-order valence-corrected chi connectivity index (χ2v) is 3.81. The largest absolute Gasteiger partial charge is 0.508 e. The van der Waals surface area contributed by atoms with E-state index >= 15 is 0 Å². The number of halogens is 3. The van der Waals surface area contributed by atoms with Gasteiger partial charge in [-0.25, -0.2) is 8.78 Å². The zero-order valence-corrected chi connectivity index (χ0v) is 11.6. The summed E-state index contributed by atoms with van der Waals surface area (Å²) in [6.07, 6.45) is 0.471. The molecule has 2 rings (SSSR count). The number of hydrogen-bond acceptors (Lipinski definition) is 2. The van der Waals surface area contributed by atoms with Crippen molar-refractivity contribution < 1.29 is 23.0 Å². The third-order valence-corrected chi connectivity index (χ3v) is 2.73. The van der Waals surface area contributed by atoms with Crippen LogP contribution < -0.4 is 4.74 Å². The molecule has 0 aliphatic carbocycles. The van der Waals surface area contributed by atoms with Crippen LogP contribution in [0.25, 0.3) is 10.8 Å². The summed E-state index contributed by atoms with van der Waals surface area (Å²) in [5.41, 5.74) is 0.562. The number of rotatable bonds is 3. The maximum atomic E-state index is 13.6. The van der Waals surface area contributed by atoms with Crippen molar-refractivity contribution in [3.63, 3.8) is 0 Å². The number of aromatic hydroxyl groups is 1. The van der Waals surface area contributed by atoms with Gasteiger partial charge in [0.15, 0.2) is 11.6 Å². The average Bonchev–Trinajstić information content (AvgIpc) is 2.45. The van der Waals surface area contributed by atoms with Crippen LogP contribution in [0.4, 0.5) is 13.2 Å². The van der Waals surface area contributed by atoms with Crippen LogP contribution in [0, 0.1) is 11.6 Å². The summed E-state index contributed by atoms with van der Waals surface area (Å²) in [4.78, 5) is 0. The molecule has 0 unspecified atom stereocenters. The van der Waals surface area contributed by atoms with E-state index in [1.807, 2.05) is 13.8 Å². The van der Waals surface area contributed by atoms with Gasteiger partial charge in [0.05, 0.1) is 0 Å². The Labute approximate surface area is 115 Å². The zero-order valence-electron chi connectivity index (χ0n) is 11.6. The first-order valence-corrected chi connectivity index (χ1v) is 6.40. The number of fused-ring (bicyclic) bond motifs is 1. The standard InChI is InChI=1S/C13H11F3O2.C2H6/c1-2-7-3-9(17)4-8-5-10(15)12(16)13(11(7)8)18-6-14;1-2/h3-5,17H,2,6H2,1H3;1-2H3. The fourth-order valence-corrected chi connectivity index (χ4v) is 1.99. The van der Waals surface area contributed by atoms with Gasteiger partial charge in [0.2, 0.25) is 12.7 Å². The van der Waals surface area contributed by atoms with E-state index in [0.29, 0.717) is 12.0 Å². The third-order valence-electron chi connectivity index (χ3n) is 2.73. The van der Waals surface area contributed by atoms with Crippen molar-refractivity contribution in [3.8, 4) is 11.5 Å². The summed E-state index contributed by atoms with van der Waals surface area (Å²) in [5.74, 6) is -2.87. The van der Waals surface area contributed by atoms with E-state index in [1.165, 1.54) is 12.1 Å². The summed E-state index contributed by atoms with van der Waals surface area (Å²) in [5, 5.41) is 10.0. The molecule has 0 atom stereocenters. The normalized spacial score (nSPS) is 10.1. The SMILES string of the molecule is CC.CCc1cc(O)cc2cc(F)c(F)c(OCF)c12. The van der Waals surface area contributed by atoms with E-state index < -0.39 is 24.2 Å². The van der Waals surface area contributed by atoms with Crippen molar-refractivity contribution in [2.75, 3.05) is 6.86 Å². The molecule has 0 saturated heterocycles. The number of phenols is 1. The van der Waals surface area contributed by atoms with E-state index in [4.69, 9.17) is 0 Å². The molecule has 0 heterocycles. The van der Waals surface area contributed by atoms with Crippen molar-refractivity contribution in [1.82, 2.24) is 0 Å². The Morgan fingerprint density at radius 1 is 1.15 bits per heavy atom. The molecule has 110 valence electrons. The summed E-state index contributed by atoms with van der Waals surface area (Å²) >= 11 is 0. The lowest BCUT2D eigenvalue weighted by atomic mass is 10.0. The first kappa shape index (κ1) is 16.1. The molecule has 2 aromatic rings. The van der Waals surface area contributed by atoms with Crippen molar-refractivity contribution in [1.29, 1.82) is 0 Å². The molecule has 0 fully saturated rings. The quantitative estimate of drug-likeness (QED) is 0.884. The predicted molar refractivity (Wildman–Crippen MR) is 72.9 cm³/mol. The molecule has 0 aliphatic rings. The summed E-state index contributed by atoms with van der Waals surface area (Å²) in [6.45, 7) is 4.54. The van der Waals surface area contributed by atoms with Crippen LogP contribution in [0.5, 0.6) is 11.5 Å². The van der Waals surface area contributed by atoms with Crippen LogP contribution in [-0.2, 0) is 6.42 Å². The molecule has 0 radical (unpaired) electrons. The first-order chi connectivity index (χ1) is 9.58.